The van der Waals surface area contributed by atoms with Gasteiger partial charge >= 0.3 is 6.18 Å². The highest BCUT2D eigenvalue weighted by Gasteiger charge is 2.31. The number of rotatable bonds is 7. The van der Waals surface area contributed by atoms with Crippen LogP contribution in [0.5, 0.6) is 0 Å². The fourth-order valence-corrected chi connectivity index (χ4v) is 2.96. The van der Waals surface area contributed by atoms with Gasteiger partial charge in [0.25, 0.3) is 0 Å². The number of aromatic amines is 1. The number of carbonyl (C=O) groups excluding carboxylic acids is 1. The van der Waals surface area contributed by atoms with E-state index in [0.717, 1.165) is 31.0 Å². The lowest BCUT2D eigenvalue weighted by Gasteiger charge is -2.20. The van der Waals surface area contributed by atoms with E-state index in [2.05, 4.69) is 39.7 Å². The Balaban J connectivity index is 0.00000420. The molecule has 6 nitrogen and oxygen atoms in total. The normalized spacial score (nSPS) is 11.9. The molecule has 1 heterocycles. The number of fused-ring (bicyclic) bond motifs is 1. The minimum Gasteiger partial charge on any atom is -0.361 e. The molecule has 3 N–H and O–H groups in total. The maximum Gasteiger partial charge on any atom is 0.406 e. The smallest absolute Gasteiger partial charge is 0.361 e. The van der Waals surface area contributed by atoms with Crippen molar-refractivity contribution in [1.82, 2.24) is 20.5 Å². The summed E-state index contributed by atoms with van der Waals surface area (Å²) in [4.78, 5) is 19.7. The summed E-state index contributed by atoms with van der Waals surface area (Å²) in [5.41, 5.74) is 3.56. The van der Waals surface area contributed by atoms with E-state index < -0.39 is 18.6 Å². The van der Waals surface area contributed by atoms with E-state index in [1.807, 2.05) is 12.3 Å². The second kappa shape index (κ2) is 11.3. The van der Waals surface area contributed by atoms with Gasteiger partial charge in [0.2, 0.25) is 5.91 Å². The van der Waals surface area contributed by atoms with E-state index in [-0.39, 0.29) is 30.5 Å². The second-order valence-corrected chi connectivity index (χ2v) is 6.47. The lowest BCUT2D eigenvalue weighted by Crippen LogP contribution is -2.45. The molecule has 1 amide bonds. The van der Waals surface area contributed by atoms with Gasteiger partial charge in [-0.15, -0.1) is 24.0 Å². The zero-order valence-corrected chi connectivity index (χ0v) is 19.0. The Bertz CT molecular complexity index is 835. The van der Waals surface area contributed by atoms with E-state index in [4.69, 9.17) is 0 Å². The molecular weight excluding hydrogens is 498 g/mol. The van der Waals surface area contributed by atoms with Crippen molar-refractivity contribution in [1.29, 1.82) is 0 Å². The zero-order valence-electron chi connectivity index (χ0n) is 16.7. The Kier molecular flexibility index (Phi) is 9.74. The Morgan fingerprint density at radius 3 is 2.59 bits per heavy atom. The first-order valence-corrected chi connectivity index (χ1v) is 9.08. The third kappa shape index (κ3) is 7.41. The van der Waals surface area contributed by atoms with Crippen LogP contribution in [0.15, 0.2) is 29.4 Å². The Morgan fingerprint density at radius 2 is 1.97 bits per heavy atom. The molecule has 0 saturated heterocycles. The van der Waals surface area contributed by atoms with Crippen LogP contribution in [0.1, 0.15) is 18.1 Å². The highest BCUT2D eigenvalue weighted by molar-refractivity contribution is 14.0. The number of hydrogen-bond acceptors (Lipinski definition) is 2. The van der Waals surface area contributed by atoms with Crippen LogP contribution in [0.4, 0.5) is 13.2 Å². The number of carbonyl (C=O) groups is 1. The molecule has 0 radical (unpaired) electrons. The predicted molar refractivity (Wildman–Crippen MR) is 120 cm³/mol. The van der Waals surface area contributed by atoms with Crippen molar-refractivity contribution in [2.45, 2.75) is 25.9 Å². The molecule has 0 fully saturated rings. The average molecular weight is 525 g/mol. The molecule has 29 heavy (non-hydrogen) atoms. The van der Waals surface area contributed by atoms with Gasteiger partial charge in [-0.05, 0) is 24.0 Å². The van der Waals surface area contributed by atoms with Crippen molar-refractivity contribution in [2.75, 3.05) is 33.7 Å². The lowest BCUT2D eigenvalue weighted by atomic mass is 10.1. The molecule has 0 unspecified atom stereocenters. The van der Waals surface area contributed by atoms with E-state index in [9.17, 15) is 18.0 Å². The molecule has 0 saturated carbocycles. The van der Waals surface area contributed by atoms with E-state index in [1.54, 1.807) is 7.05 Å². The molecule has 0 spiro atoms. The fraction of sp³-hybridized carbons (Fsp3) is 0.474. The third-order valence-electron chi connectivity index (χ3n) is 4.43. The maximum atomic E-state index is 12.3. The Hall–Kier alpha value is -1.98. The van der Waals surface area contributed by atoms with Gasteiger partial charge in [0.05, 0.1) is 6.54 Å². The molecule has 0 aliphatic rings. The van der Waals surface area contributed by atoms with Crippen LogP contribution < -0.4 is 10.6 Å². The maximum absolute atomic E-state index is 12.3. The van der Waals surface area contributed by atoms with Crippen molar-refractivity contribution in [3.05, 3.63) is 35.5 Å². The minimum absolute atomic E-state index is 0. The number of alkyl halides is 3. The summed E-state index contributed by atoms with van der Waals surface area (Å²) >= 11 is 0. The van der Waals surface area contributed by atoms with E-state index in [0.29, 0.717) is 17.4 Å². The van der Waals surface area contributed by atoms with Crippen molar-refractivity contribution in [3.8, 4) is 0 Å². The van der Waals surface area contributed by atoms with Crippen molar-refractivity contribution in [3.63, 3.8) is 0 Å². The SMILES string of the molecule is CCc1cccc2c(CCNC(=NC)NCC(=O)N(C)CC(F)(F)F)c[nH]c12.I. The first-order chi connectivity index (χ1) is 13.2. The number of nitrogens with one attached hydrogen (secondary N) is 3. The Morgan fingerprint density at radius 1 is 1.24 bits per heavy atom. The number of guanidine groups is 1. The second-order valence-electron chi connectivity index (χ2n) is 6.47. The summed E-state index contributed by atoms with van der Waals surface area (Å²) in [7, 11) is 2.66. The topological polar surface area (TPSA) is 72.5 Å². The number of aromatic nitrogens is 1. The van der Waals surface area contributed by atoms with Crippen LogP contribution in [0.2, 0.25) is 0 Å². The van der Waals surface area contributed by atoms with Gasteiger partial charge in [0, 0.05) is 37.7 Å². The number of aliphatic imine (C=N–C) groups is 1. The van der Waals surface area contributed by atoms with Crippen molar-refractivity contribution < 1.29 is 18.0 Å². The van der Waals surface area contributed by atoms with E-state index >= 15 is 0 Å². The third-order valence-corrected chi connectivity index (χ3v) is 4.43. The van der Waals surface area contributed by atoms with Crippen molar-refractivity contribution in [2.24, 2.45) is 4.99 Å². The van der Waals surface area contributed by atoms with Crippen LogP contribution in [0.3, 0.4) is 0 Å². The minimum atomic E-state index is -4.42. The van der Waals surface area contributed by atoms with Gasteiger partial charge in [-0.2, -0.15) is 13.2 Å². The number of H-pyrrole nitrogens is 1. The summed E-state index contributed by atoms with van der Waals surface area (Å²) in [5, 5.41) is 6.99. The van der Waals surface area contributed by atoms with Crippen LogP contribution in [0.25, 0.3) is 10.9 Å². The highest BCUT2D eigenvalue weighted by Crippen LogP contribution is 2.22. The van der Waals surface area contributed by atoms with Crippen LogP contribution in [-0.2, 0) is 17.6 Å². The first-order valence-electron chi connectivity index (χ1n) is 9.08. The molecule has 1 aromatic heterocycles. The molecule has 10 heteroatoms. The number of benzene rings is 1. The predicted octanol–water partition coefficient (Wildman–Crippen LogP) is 3.08. The zero-order chi connectivity index (χ0) is 20.7. The summed E-state index contributed by atoms with van der Waals surface area (Å²) in [6, 6.07) is 6.21. The van der Waals surface area contributed by atoms with Crippen LogP contribution >= 0.6 is 24.0 Å². The van der Waals surface area contributed by atoms with Gasteiger partial charge in [0.1, 0.15) is 6.54 Å². The first kappa shape index (κ1) is 25.1. The van der Waals surface area contributed by atoms with Gasteiger partial charge < -0.3 is 20.5 Å². The quantitative estimate of drug-likeness (QED) is 0.296. The summed E-state index contributed by atoms with van der Waals surface area (Å²) in [5.74, 6) is -0.299. The van der Waals surface area contributed by atoms with Crippen molar-refractivity contribution >= 4 is 46.7 Å². The summed E-state index contributed by atoms with van der Waals surface area (Å²) in [6.45, 7) is 1.13. The monoisotopic (exact) mass is 525 g/mol. The number of likely N-dealkylation sites (N-methyl/N-ethyl adjacent to an activating group) is 1. The molecule has 162 valence electrons. The van der Waals surface area contributed by atoms with E-state index in [1.165, 1.54) is 10.9 Å². The molecule has 0 aliphatic carbocycles. The molecule has 0 atom stereocenters. The number of aryl methyl sites for hydroxylation is 1. The number of para-hydroxylation sites is 1. The number of hydrogen-bond donors (Lipinski definition) is 3. The number of halogens is 4. The average Bonchev–Trinajstić information content (AvgIpc) is 3.06. The largest absolute Gasteiger partial charge is 0.406 e. The molecular formula is C19H27F3IN5O. The fourth-order valence-electron chi connectivity index (χ4n) is 2.96. The molecule has 1 aromatic carbocycles. The lowest BCUT2D eigenvalue weighted by molar-refractivity contribution is -0.157. The van der Waals surface area contributed by atoms with Gasteiger partial charge in [-0.3, -0.25) is 9.79 Å². The van der Waals surface area contributed by atoms with Crippen LogP contribution in [0, 0.1) is 0 Å². The summed E-state index contributed by atoms with van der Waals surface area (Å²) in [6.07, 6.45) is -0.753. The molecule has 2 rings (SSSR count). The molecule has 0 aliphatic heterocycles. The highest BCUT2D eigenvalue weighted by atomic mass is 127. The molecule has 0 bridgehead atoms. The molecule has 2 aromatic rings. The number of amides is 1. The van der Waals surface area contributed by atoms with Gasteiger partial charge in [0.15, 0.2) is 5.96 Å². The summed E-state index contributed by atoms with van der Waals surface area (Å²) < 4.78 is 37.0. The van der Waals surface area contributed by atoms with Gasteiger partial charge in [-0.25, -0.2) is 0 Å². The standard InChI is InChI=1S/C19H26F3N5O.HI/c1-4-13-6-5-7-15-14(10-25-17(13)15)8-9-24-18(23-2)26-11-16(28)27(3)12-19(20,21)22;/h5-7,10,25H,4,8-9,11-12H2,1-3H3,(H2,23,24,26);1H. The van der Waals surface area contributed by atoms with Crippen LogP contribution in [-0.4, -0.2) is 61.7 Å². The Labute approximate surface area is 185 Å². The van der Waals surface area contributed by atoms with Gasteiger partial charge in [-0.1, -0.05) is 25.1 Å². The number of nitrogens with zero attached hydrogens (tertiary/aromatic N) is 2.